The summed E-state index contributed by atoms with van der Waals surface area (Å²) >= 11 is 0. The second-order valence-electron chi connectivity index (χ2n) is 3.38. The summed E-state index contributed by atoms with van der Waals surface area (Å²) in [6, 6.07) is 0. The van der Waals surface area contributed by atoms with Gasteiger partial charge in [0.25, 0.3) is 0 Å². The van der Waals surface area contributed by atoms with Gasteiger partial charge in [-0.05, 0) is 12.2 Å². The molecule has 1 N–H and O–H groups in total. The van der Waals surface area contributed by atoms with E-state index in [4.69, 9.17) is 0 Å². The highest BCUT2D eigenvalue weighted by Gasteiger charge is 2.15. The maximum atomic E-state index is 4.46. The summed E-state index contributed by atoms with van der Waals surface area (Å²) in [6.45, 7) is 4.16. The smallest absolute Gasteiger partial charge is 0.103 e. The van der Waals surface area contributed by atoms with Crippen LogP contribution in [0.2, 0.25) is 0 Å². The molecule has 3 heteroatoms. The van der Waals surface area contributed by atoms with E-state index in [1.165, 1.54) is 5.69 Å². The van der Waals surface area contributed by atoms with Gasteiger partial charge in [-0.15, -0.1) is 9.24 Å². The van der Waals surface area contributed by atoms with Crippen molar-refractivity contribution in [2.24, 2.45) is 0 Å². The molecule has 2 unspecified atom stereocenters. The first-order chi connectivity index (χ1) is 6.18. The summed E-state index contributed by atoms with van der Waals surface area (Å²) in [6.07, 6.45) is 6.33. The molecule has 1 aliphatic rings. The molecule has 2 rings (SSSR count). The van der Waals surface area contributed by atoms with Crippen LogP contribution in [0.15, 0.2) is 18.2 Å². The minimum Gasteiger partial charge on any atom is -0.345 e. The molecule has 0 fully saturated rings. The number of aromatic amines is 1. The van der Waals surface area contributed by atoms with Gasteiger partial charge in [0.1, 0.15) is 5.82 Å². The van der Waals surface area contributed by atoms with Crippen molar-refractivity contribution in [2.75, 3.05) is 0 Å². The largest absolute Gasteiger partial charge is 0.345 e. The molecule has 1 aromatic rings. The maximum absolute atomic E-state index is 4.46. The Bertz CT molecular complexity index is 388. The Morgan fingerprint density at radius 3 is 3.08 bits per heavy atom. The summed E-state index contributed by atoms with van der Waals surface area (Å²) in [7, 11) is 2.72. The van der Waals surface area contributed by atoms with Gasteiger partial charge >= 0.3 is 0 Å². The summed E-state index contributed by atoms with van der Waals surface area (Å²) < 4.78 is 0. The van der Waals surface area contributed by atoms with Crippen LogP contribution in [-0.2, 0) is 0 Å². The van der Waals surface area contributed by atoms with Gasteiger partial charge < -0.3 is 4.98 Å². The first kappa shape index (κ1) is 8.71. The van der Waals surface area contributed by atoms with E-state index in [9.17, 15) is 0 Å². The number of fused-ring (bicyclic) bond motifs is 1. The van der Waals surface area contributed by atoms with Crippen LogP contribution in [0.1, 0.15) is 30.1 Å². The van der Waals surface area contributed by atoms with Crippen molar-refractivity contribution in [3.8, 4) is 0 Å². The molecule has 0 bridgehead atoms. The number of aromatic nitrogens is 2. The van der Waals surface area contributed by atoms with Gasteiger partial charge in [-0.25, -0.2) is 4.98 Å². The standard InChI is InChI=1S/C10H13N2P/c1-6-4-3-5-8(13)10-9(6)11-7(2)12-10/h3-6H,13H2,1-2H3,(H,11,12). The number of nitrogens with zero attached hydrogens (tertiary/aromatic N) is 1. The van der Waals surface area contributed by atoms with Gasteiger partial charge in [-0.1, -0.05) is 25.2 Å². The van der Waals surface area contributed by atoms with Gasteiger partial charge in [0.05, 0.1) is 5.69 Å². The second kappa shape index (κ2) is 3.12. The first-order valence-corrected chi connectivity index (χ1v) is 4.97. The van der Waals surface area contributed by atoms with Crippen LogP contribution in [0.5, 0.6) is 0 Å². The summed E-state index contributed by atoms with van der Waals surface area (Å²) in [5, 5.41) is 1.15. The van der Waals surface area contributed by atoms with E-state index in [0.29, 0.717) is 5.92 Å². The van der Waals surface area contributed by atoms with Crippen LogP contribution >= 0.6 is 9.24 Å². The lowest BCUT2D eigenvalue weighted by molar-refractivity contribution is 0.913. The maximum Gasteiger partial charge on any atom is 0.103 e. The van der Waals surface area contributed by atoms with Gasteiger partial charge in [-0.2, -0.15) is 0 Å². The quantitative estimate of drug-likeness (QED) is 0.629. The van der Waals surface area contributed by atoms with E-state index < -0.39 is 0 Å². The molecule has 0 radical (unpaired) electrons. The monoisotopic (exact) mass is 192 g/mol. The molecule has 13 heavy (non-hydrogen) atoms. The van der Waals surface area contributed by atoms with Crippen LogP contribution in [0.25, 0.3) is 5.31 Å². The zero-order chi connectivity index (χ0) is 9.42. The highest BCUT2D eigenvalue weighted by molar-refractivity contribution is 7.31. The molecule has 0 aromatic carbocycles. The van der Waals surface area contributed by atoms with E-state index in [1.54, 1.807) is 0 Å². The summed E-state index contributed by atoms with van der Waals surface area (Å²) in [4.78, 5) is 7.76. The van der Waals surface area contributed by atoms with E-state index in [2.05, 4.69) is 44.4 Å². The molecule has 0 amide bonds. The lowest BCUT2D eigenvalue weighted by Crippen LogP contribution is -1.92. The van der Waals surface area contributed by atoms with Crippen LogP contribution in [0, 0.1) is 6.92 Å². The number of aryl methyl sites for hydroxylation is 1. The van der Waals surface area contributed by atoms with Gasteiger partial charge in [-0.3, -0.25) is 0 Å². The Balaban J connectivity index is 2.60. The highest BCUT2D eigenvalue weighted by atomic mass is 31.0. The van der Waals surface area contributed by atoms with Gasteiger partial charge in [0.2, 0.25) is 0 Å². The molecule has 1 heterocycles. The number of imidazole rings is 1. The van der Waals surface area contributed by atoms with E-state index in [-0.39, 0.29) is 0 Å². The molecule has 2 nitrogen and oxygen atoms in total. The number of allylic oxidation sites excluding steroid dienone is 3. The molecule has 0 saturated carbocycles. The van der Waals surface area contributed by atoms with E-state index >= 15 is 0 Å². The topological polar surface area (TPSA) is 28.7 Å². The first-order valence-electron chi connectivity index (χ1n) is 4.39. The Morgan fingerprint density at radius 2 is 2.31 bits per heavy atom. The summed E-state index contributed by atoms with van der Waals surface area (Å²) in [5.74, 6) is 1.41. The normalized spacial score (nSPS) is 20.8. The van der Waals surface area contributed by atoms with Gasteiger partial charge in [0, 0.05) is 11.6 Å². The Kier molecular flexibility index (Phi) is 2.09. The van der Waals surface area contributed by atoms with Gasteiger partial charge in [0.15, 0.2) is 0 Å². The lowest BCUT2D eigenvalue weighted by Gasteiger charge is -2.03. The highest BCUT2D eigenvalue weighted by Crippen LogP contribution is 2.30. The Labute approximate surface area is 80.4 Å². The number of rotatable bonds is 0. The SMILES string of the molecule is Cc1nc2c([nH]1)C(C)C=CC=C2P. The van der Waals surface area contributed by atoms with Crippen molar-refractivity contribution >= 4 is 14.6 Å². The van der Waals surface area contributed by atoms with Crippen LogP contribution in [-0.4, -0.2) is 9.97 Å². The van der Waals surface area contributed by atoms with Crippen LogP contribution in [0.3, 0.4) is 0 Å². The number of H-pyrrole nitrogens is 1. The molecule has 0 saturated heterocycles. The third-order valence-electron chi connectivity index (χ3n) is 2.25. The predicted octanol–water partition coefficient (Wildman–Crippen LogP) is 2.61. The van der Waals surface area contributed by atoms with Crippen molar-refractivity contribution in [1.29, 1.82) is 0 Å². The minimum atomic E-state index is 0.422. The third kappa shape index (κ3) is 1.47. The molecule has 0 spiro atoms. The molecule has 1 aliphatic carbocycles. The van der Waals surface area contributed by atoms with Crippen molar-refractivity contribution in [2.45, 2.75) is 19.8 Å². The fourth-order valence-electron chi connectivity index (χ4n) is 1.56. The predicted molar refractivity (Wildman–Crippen MR) is 58.6 cm³/mol. The van der Waals surface area contributed by atoms with Crippen molar-refractivity contribution in [1.82, 2.24) is 9.97 Å². The molecule has 2 atom stereocenters. The molecule has 68 valence electrons. The fourth-order valence-corrected chi connectivity index (χ4v) is 1.89. The molecule has 0 aliphatic heterocycles. The minimum absolute atomic E-state index is 0.422. The average molecular weight is 192 g/mol. The lowest BCUT2D eigenvalue weighted by atomic mass is 10.1. The fraction of sp³-hybridized carbons (Fsp3) is 0.300. The molecular weight excluding hydrogens is 179 g/mol. The van der Waals surface area contributed by atoms with Crippen molar-refractivity contribution in [3.63, 3.8) is 0 Å². The number of nitrogens with one attached hydrogen (secondary N) is 1. The second-order valence-corrected chi connectivity index (χ2v) is 4.00. The molecular formula is C10H13N2P. The Morgan fingerprint density at radius 1 is 1.54 bits per heavy atom. The van der Waals surface area contributed by atoms with E-state index in [1.807, 2.05) is 6.92 Å². The zero-order valence-electron chi connectivity index (χ0n) is 7.83. The average Bonchev–Trinajstić information content (AvgIpc) is 2.41. The van der Waals surface area contributed by atoms with Crippen molar-refractivity contribution in [3.05, 3.63) is 35.4 Å². The Hall–Kier alpha value is -0.880. The van der Waals surface area contributed by atoms with E-state index in [0.717, 1.165) is 16.8 Å². The number of hydrogen-bond acceptors (Lipinski definition) is 1. The third-order valence-corrected chi connectivity index (χ3v) is 2.72. The van der Waals surface area contributed by atoms with Crippen LogP contribution < -0.4 is 0 Å². The van der Waals surface area contributed by atoms with Crippen molar-refractivity contribution < 1.29 is 0 Å². The summed E-state index contributed by atoms with van der Waals surface area (Å²) in [5.41, 5.74) is 2.30. The molecule has 1 aromatic heterocycles. The number of hydrogen-bond donors (Lipinski definition) is 1. The van der Waals surface area contributed by atoms with Crippen LogP contribution in [0.4, 0.5) is 0 Å². The zero-order valence-corrected chi connectivity index (χ0v) is 8.99.